The van der Waals surface area contributed by atoms with Crippen LogP contribution in [0.25, 0.3) is 0 Å². The van der Waals surface area contributed by atoms with Gasteiger partial charge in [-0.1, -0.05) is 42.5 Å². The summed E-state index contributed by atoms with van der Waals surface area (Å²) in [7, 11) is 5.57. The molecule has 1 fully saturated rings. The summed E-state index contributed by atoms with van der Waals surface area (Å²) < 4.78 is 10.9. The minimum absolute atomic E-state index is 0. The number of para-hydroxylation sites is 1. The van der Waals surface area contributed by atoms with Crippen molar-refractivity contribution in [2.24, 2.45) is 4.99 Å². The number of ether oxygens (including phenoxy) is 2. The van der Waals surface area contributed by atoms with Gasteiger partial charge >= 0.3 is 0 Å². The first kappa shape index (κ1) is 24.4. The van der Waals surface area contributed by atoms with Crippen LogP contribution < -0.4 is 10.1 Å². The largest absolute Gasteiger partial charge is 0.496 e. The maximum absolute atomic E-state index is 5.48. The monoisotopic (exact) mass is 524 g/mol. The van der Waals surface area contributed by atoms with E-state index >= 15 is 0 Å². The van der Waals surface area contributed by atoms with Gasteiger partial charge in [0.15, 0.2) is 5.96 Å². The molecule has 1 aliphatic rings. The van der Waals surface area contributed by atoms with Crippen LogP contribution in [0.1, 0.15) is 16.7 Å². The van der Waals surface area contributed by atoms with Crippen molar-refractivity contribution in [1.29, 1.82) is 0 Å². The summed E-state index contributed by atoms with van der Waals surface area (Å²) in [4.78, 5) is 9.03. The Morgan fingerprint density at radius 1 is 1.07 bits per heavy atom. The van der Waals surface area contributed by atoms with Crippen LogP contribution in [-0.4, -0.2) is 63.3 Å². The molecule has 0 radical (unpaired) electrons. The lowest BCUT2D eigenvalue weighted by Gasteiger charge is -2.28. The minimum atomic E-state index is 0. The summed E-state index contributed by atoms with van der Waals surface area (Å²) in [6, 6.07) is 16.7. The third-order valence-electron chi connectivity index (χ3n) is 5.23. The van der Waals surface area contributed by atoms with Gasteiger partial charge in [0.25, 0.3) is 0 Å². The van der Waals surface area contributed by atoms with Gasteiger partial charge in [-0.25, -0.2) is 0 Å². The highest BCUT2D eigenvalue weighted by Crippen LogP contribution is 2.19. The van der Waals surface area contributed by atoms with Crippen LogP contribution in [0.3, 0.4) is 0 Å². The van der Waals surface area contributed by atoms with Crippen LogP contribution in [0.4, 0.5) is 0 Å². The molecule has 0 spiro atoms. The van der Waals surface area contributed by atoms with Gasteiger partial charge in [-0.05, 0) is 17.2 Å². The van der Waals surface area contributed by atoms with E-state index in [2.05, 4.69) is 50.4 Å². The number of hydrogen-bond acceptors (Lipinski definition) is 4. The molecule has 30 heavy (non-hydrogen) atoms. The standard InChI is InChI=1S/C23H32N4O2.HI/c1-24-23(26(2)17-21-10-6-7-11-22(21)28-3)25-16-19-8-4-5-9-20(19)18-27-12-14-29-15-13-27;/h4-11H,12-18H2,1-3H3,(H,24,25);1H. The summed E-state index contributed by atoms with van der Waals surface area (Å²) in [5, 5.41) is 3.51. The molecule has 0 saturated carbocycles. The zero-order valence-electron chi connectivity index (χ0n) is 18.1. The average molecular weight is 524 g/mol. The normalized spacial score (nSPS) is 14.7. The molecule has 7 heteroatoms. The van der Waals surface area contributed by atoms with E-state index in [-0.39, 0.29) is 24.0 Å². The van der Waals surface area contributed by atoms with Crippen molar-refractivity contribution in [3.8, 4) is 5.75 Å². The summed E-state index contributed by atoms with van der Waals surface area (Å²) in [6.07, 6.45) is 0. The van der Waals surface area contributed by atoms with Gasteiger partial charge in [-0.15, -0.1) is 24.0 Å². The van der Waals surface area contributed by atoms with Crippen molar-refractivity contribution in [3.63, 3.8) is 0 Å². The summed E-state index contributed by atoms with van der Waals surface area (Å²) in [5.74, 6) is 1.75. The molecular formula is C23H33IN4O2. The fourth-order valence-corrected chi connectivity index (χ4v) is 3.61. The number of hydrogen-bond donors (Lipinski definition) is 1. The van der Waals surface area contributed by atoms with Crippen LogP contribution in [0.2, 0.25) is 0 Å². The molecule has 0 amide bonds. The molecule has 0 unspecified atom stereocenters. The average Bonchev–Trinajstić information content (AvgIpc) is 2.76. The molecule has 1 aliphatic heterocycles. The number of methoxy groups -OCH3 is 1. The van der Waals surface area contributed by atoms with E-state index in [0.717, 1.165) is 63.2 Å². The van der Waals surface area contributed by atoms with Crippen LogP contribution in [0.5, 0.6) is 5.75 Å². The van der Waals surface area contributed by atoms with Crippen molar-refractivity contribution < 1.29 is 9.47 Å². The predicted molar refractivity (Wildman–Crippen MR) is 133 cm³/mol. The first-order chi connectivity index (χ1) is 14.2. The second-order valence-corrected chi connectivity index (χ2v) is 7.23. The Kier molecular flexibility index (Phi) is 10.4. The number of morpholine rings is 1. The fraction of sp³-hybridized carbons (Fsp3) is 0.435. The Morgan fingerprint density at radius 3 is 2.37 bits per heavy atom. The molecule has 0 atom stereocenters. The molecule has 3 rings (SSSR count). The Labute approximate surface area is 197 Å². The first-order valence-electron chi connectivity index (χ1n) is 10.1. The smallest absolute Gasteiger partial charge is 0.193 e. The Hall–Kier alpha value is -1.84. The van der Waals surface area contributed by atoms with Gasteiger partial charge in [0.2, 0.25) is 0 Å². The van der Waals surface area contributed by atoms with E-state index in [0.29, 0.717) is 0 Å². The van der Waals surface area contributed by atoms with Gasteiger partial charge < -0.3 is 19.7 Å². The summed E-state index contributed by atoms with van der Waals surface area (Å²) in [5.41, 5.74) is 3.78. The van der Waals surface area contributed by atoms with Gasteiger partial charge in [0.05, 0.1) is 20.3 Å². The molecular weight excluding hydrogens is 491 g/mol. The number of guanidine groups is 1. The molecule has 1 saturated heterocycles. The topological polar surface area (TPSA) is 49.3 Å². The van der Waals surface area contributed by atoms with E-state index in [1.165, 1.54) is 11.1 Å². The molecule has 2 aromatic carbocycles. The van der Waals surface area contributed by atoms with Gasteiger partial charge in [0, 0.05) is 52.4 Å². The lowest BCUT2D eigenvalue weighted by Crippen LogP contribution is -2.38. The lowest BCUT2D eigenvalue weighted by atomic mass is 10.1. The number of benzene rings is 2. The van der Waals surface area contributed by atoms with E-state index in [9.17, 15) is 0 Å². The zero-order chi connectivity index (χ0) is 20.5. The highest BCUT2D eigenvalue weighted by atomic mass is 127. The van der Waals surface area contributed by atoms with E-state index in [1.54, 1.807) is 7.11 Å². The van der Waals surface area contributed by atoms with Crippen LogP contribution in [-0.2, 0) is 24.4 Å². The van der Waals surface area contributed by atoms with Crippen LogP contribution in [0, 0.1) is 0 Å². The number of nitrogens with one attached hydrogen (secondary N) is 1. The van der Waals surface area contributed by atoms with Crippen molar-refractivity contribution in [1.82, 2.24) is 15.1 Å². The molecule has 164 valence electrons. The fourth-order valence-electron chi connectivity index (χ4n) is 3.61. The summed E-state index contributed by atoms with van der Waals surface area (Å²) in [6.45, 7) is 6.04. The van der Waals surface area contributed by atoms with E-state index in [4.69, 9.17) is 9.47 Å². The molecule has 1 N–H and O–H groups in total. The number of nitrogens with zero attached hydrogens (tertiary/aromatic N) is 3. The molecule has 2 aromatic rings. The lowest BCUT2D eigenvalue weighted by molar-refractivity contribution is 0.0341. The molecule has 1 heterocycles. The number of aliphatic imine (C=N–C) groups is 1. The Bertz CT molecular complexity index is 809. The van der Waals surface area contributed by atoms with Gasteiger partial charge in [0.1, 0.15) is 5.75 Å². The van der Waals surface area contributed by atoms with E-state index in [1.807, 2.05) is 32.3 Å². The Morgan fingerprint density at radius 2 is 1.70 bits per heavy atom. The van der Waals surface area contributed by atoms with E-state index < -0.39 is 0 Å². The molecule has 0 aromatic heterocycles. The second kappa shape index (κ2) is 12.8. The van der Waals surface area contributed by atoms with Crippen molar-refractivity contribution in [3.05, 3.63) is 65.2 Å². The third-order valence-corrected chi connectivity index (χ3v) is 5.23. The first-order valence-corrected chi connectivity index (χ1v) is 10.1. The summed E-state index contributed by atoms with van der Waals surface area (Å²) >= 11 is 0. The van der Waals surface area contributed by atoms with Gasteiger partial charge in [-0.3, -0.25) is 9.89 Å². The highest BCUT2D eigenvalue weighted by Gasteiger charge is 2.14. The maximum atomic E-state index is 5.48. The SMILES string of the molecule is CN=C(NCc1ccccc1CN1CCOCC1)N(C)Cc1ccccc1OC.I. The minimum Gasteiger partial charge on any atom is -0.496 e. The highest BCUT2D eigenvalue weighted by molar-refractivity contribution is 14.0. The molecule has 0 bridgehead atoms. The van der Waals surface area contributed by atoms with Crippen molar-refractivity contribution in [2.45, 2.75) is 19.6 Å². The molecule has 6 nitrogen and oxygen atoms in total. The predicted octanol–water partition coefficient (Wildman–Crippen LogP) is 3.35. The maximum Gasteiger partial charge on any atom is 0.193 e. The second-order valence-electron chi connectivity index (χ2n) is 7.23. The molecule has 0 aliphatic carbocycles. The van der Waals surface area contributed by atoms with Crippen LogP contribution in [0.15, 0.2) is 53.5 Å². The zero-order valence-corrected chi connectivity index (χ0v) is 20.5. The number of halogens is 1. The van der Waals surface area contributed by atoms with Crippen molar-refractivity contribution in [2.75, 3.05) is 47.5 Å². The third kappa shape index (κ3) is 6.85. The van der Waals surface area contributed by atoms with Crippen LogP contribution >= 0.6 is 24.0 Å². The number of rotatable bonds is 7. The quantitative estimate of drug-likeness (QED) is 0.342. The Balaban J connectivity index is 0.00000320. The van der Waals surface area contributed by atoms with Gasteiger partial charge in [-0.2, -0.15) is 0 Å². The van der Waals surface area contributed by atoms with Crippen molar-refractivity contribution >= 4 is 29.9 Å².